The van der Waals surface area contributed by atoms with Gasteiger partial charge in [-0.25, -0.2) is 4.79 Å². The van der Waals surface area contributed by atoms with Gasteiger partial charge in [0.1, 0.15) is 6.10 Å². The molecule has 19 heavy (non-hydrogen) atoms. The van der Waals surface area contributed by atoms with Crippen LogP contribution in [-0.2, 0) is 9.53 Å². The molecule has 1 unspecified atom stereocenters. The summed E-state index contributed by atoms with van der Waals surface area (Å²) in [7, 11) is 0. The number of halogens is 2. The Morgan fingerprint density at radius 2 is 1.95 bits per heavy atom. The fourth-order valence-corrected chi connectivity index (χ4v) is 3.06. The molecule has 0 bridgehead atoms. The third kappa shape index (κ3) is 3.88. The Balaban J connectivity index is 1.74. The van der Waals surface area contributed by atoms with E-state index in [1.165, 1.54) is 38.5 Å². The Morgan fingerprint density at radius 1 is 1.32 bits per heavy atom. The van der Waals surface area contributed by atoms with Crippen molar-refractivity contribution in [3.63, 3.8) is 0 Å². The van der Waals surface area contributed by atoms with Gasteiger partial charge >= 0.3 is 11.9 Å². The van der Waals surface area contributed by atoms with Crippen LogP contribution in [0.5, 0.6) is 0 Å². The van der Waals surface area contributed by atoms with Gasteiger partial charge in [-0.15, -0.1) is 0 Å². The van der Waals surface area contributed by atoms with Crippen LogP contribution in [0.4, 0.5) is 8.78 Å². The van der Waals surface area contributed by atoms with Crippen molar-refractivity contribution in [1.82, 2.24) is 5.32 Å². The fraction of sp³-hybridized carbons (Fsp3) is 0.929. The van der Waals surface area contributed by atoms with Crippen molar-refractivity contribution in [3.8, 4) is 0 Å². The number of cyclic esters (lactones) is 1. The Bertz CT molecular complexity index is 315. The maximum atomic E-state index is 13.0. The van der Waals surface area contributed by atoms with Crippen LogP contribution in [-0.4, -0.2) is 30.6 Å². The van der Waals surface area contributed by atoms with Crippen molar-refractivity contribution >= 4 is 5.97 Å². The van der Waals surface area contributed by atoms with Crippen molar-refractivity contribution < 1.29 is 18.3 Å². The van der Waals surface area contributed by atoms with Gasteiger partial charge in [-0.3, -0.25) is 0 Å². The molecule has 1 saturated heterocycles. The zero-order valence-corrected chi connectivity index (χ0v) is 11.5. The molecular weight excluding hydrogens is 252 g/mol. The number of alkyl halides is 2. The summed E-state index contributed by atoms with van der Waals surface area (Å²) in [6.07, 6.45) is 6.35. The third-order valence-corrected chi connectivity index (χ3v) is 4.33. The van der Waals surface area contributed by atoms with E-state index in [2.05, 4.69) is 17.0 Å². The highest BCUT2D eigenvalue weighted by molar-refractivity contribution is 5.79. The van der Waals surface area contributed by atoms with Crippen molar-refractivity contribution in [1.29, 1.82) is 0 Å². The van der Waals surface area contributed by atoms with E-state index in [4.69, 9.17) is 0 Å². The first-order valence-corrected chi connectivity index (χ1v) is 7.31. The first-order valence-electron chi connectivity index (χ1n) is 7.31. The summed E-state index contributed by atoms with van der Waals surface area (Å²) in [6, 6.07) is 0.297. The average Bonchev–Trinajstić information content (AvgIpc) is 2.59. The molecule has 1 aliphatic heterocycles. The number of hydrogen-bond donors (Lipinski definition) is 1. The van der Waals surface area contributed by atoms with Crippen molar-refractivity contribution in [2.75, 3.05) is 6.54 Å². The molecule has 0 aromatic heterocycles. The predicted octanol–water partition coefficient (Wildman–Crippen LogP) is 2.89. The lowest BCUT2D eigenvalue weighted by molar-refractivity contribution is -0.159. The zero-order chi connectivity index (χ0) is 13.9. The molecule has 3 nitrogen and oxygen atoms in total. The molecule has 5 heteroatoms. The maximum Gasteiger partial charge on any atom is 0.377 e. The van der Waals surface area contributed by atoms with Gasteiger partial charge in [0, 0.05) is 12.6 Å². The van der Waals surface area contributed by atoms with Gasteiger partial charge in [-0.05, 0) is 25.7 Å². The number of carbonyl (C=O) groups is 1. The Hall–Kier alpha value is -0.710. The number of ether oxygens (including phenoxy) is 1. The SMILES string of the molecule is C[C@@H](NCC1CC(F)(F)C(=O)O1)C1CCCCCC1. The largest absolute Gasteiger partial charge is 0.456 e. The van der Waals surface area contributed by atoms with Gasteiger partial charge in [-0.2, -0.15) is 8.78 Å². The molecule has 110 valence electrons. The van der Waals surface area contributed by atoms with E-state index in [0.29, 0.717) is 18.5 Å². The maximum absolute atomic E-state index is 13.0. The molecule has 2 rings (SSSR count). The summed E-state index contributed by atoms with van der Waals surface area (Å²) in [5.41, 5.74) is 0. The second-order valence-electron chi connectivity index (χ2n) is 5.88. The number of rotatable bonds is 4. The Labute approximate surface area is 113 Å². The van der Waals surface area contributed by atoms with Gasteiger partial charge in [0.15, 0.2) is 0 Å². The molecule has 0 amide bonds. The quantitative estimate of drug-likeness (QED) is 0.633. The molecule has 0 aromatic carbocycles. The van der Waals surface area contributed by atoms with Crippen molar-refractivity contribution in [2.24, 2.45) is 5.92 Å². The smallest absolute Gasteiger partial charge is 0.377 e. The normalized spacial score (nSPS) is 29.8. The molecular formula is C14H23F2NO2. The van der Waals surface area contributed by atoms with Gasteiger partial charge in [-0.1, -0.05) is 25.7 Å². The molecule has 2 atom stereocenters. The van der Waals surface area contributed by atoms with Crippen molar-refractivity contribution in [2.45, 2.75) is 69.9 Å². The minimum absolute atomic E-state index is 0.297. The predicted molar refractivity (Wildman–Crippen MR) is 68.1 cm³/mol. The van der Waals surface area contributed by atoms with Gasteiger partial charge < -0.3 is 10.1 Å². The van der Waals surface area contributed by atoms with Gasteiger partial charge in [0.2, 0.25) is 0 Å². The monoisotopic (exact) mass is 275 g/mol. The highest BCUT2D eigenvalue weighted by atomic mass is 19.3. The minimum Gasteiger partial charge on any atom is -0.456 e. The molecule has 2 aliphatic rings. The number of nitrogens with one attached hydrogen (secondary N) is 1. The first-order chi connectivity index (χ1) is 8.99. The molecule has 2 fully saturated rings. The van der Waals surface area contributed by atoms with Crippen LogP contribution in [0.3, 0.4) is 0 Å². The van der Waals surface area contributed by atoms with Crippen molar-refractivity contribution in [3.05, 3.63) is 0 Å². The summed E-state index contributed by atoms with van der Waals surface area (Å²) in [4.78, 5) is 10.9. The topological polar surface area (TPSA) is 38.3 Å². The van der Waals surface area contributed by atoms with E-state index in [1.807, 2.05) is 0 Å². The number of esters is 1. The highest BCUT2D eigenvalue weighted by Gasteiger charge is 2.50. The van der Waals surface area contributed by atoms with Crippen LogP contribution in [0.2, 0.25) is 0 Å². The standard InChI is InChI=1S/C14H23F2NO2/c1-10(11-6-4-2-3-5-7-11)17-9-12-8-14(15,16)13(18)19-12/h10-12,17H,2-9H2,1H3/t10-,12?/m1/s1. The summed E-state index contributed by atoms with van der Waals surface area (Å²) < 4.78 is 30.7. The Kier molecular flexibility index (Phi) is 4.76. The summed E-state index contributed by atoms with van der Waals surface area (Å²) in [6.45, 7) is 2.43. The molecule has 0 radical (unpaired) electrons. The summed E-state index contributed by atoms with van der Waals surface area (Å²) in [5, 5.41) is 3.27. The van der Waals surface area contributed by atoms with E-state index < -0.39 is 24.4 Å². The third-order valence-electron chi connectivity index (χ3n) is 4.33. The fourth-order valence-electron chi connectivity index (χ4n) is 3.06. The number of hydrogen-bond acceptors (Lipinski definition) is 3. The van der Waals surface area contributed by atoms with E-state index in [-0.39, 0.29) is 0 Å². The average molecular weight is 275 g/mol. The summed E-state index contributed by atoms with van der Waals surface area (Å²) in [5.74, 6) is -4.06. The molecule has 1 aliphatic carbocycles. The van der Waals surface area contributed by atoms with E-state index in [1.54, 1.807) is 0 Å². The second-order valence-corrected chi connectivity index (χ2v) is 5.88. The van der Waals surface area contributed by atoms with Crippen LogP contribution < -0.4 is 5.32 Å². The molecule has 0 aromatic rings. The lowest BCUT2D eigenvalue weighted by Gasteiger charge is -2.24. The van der Waals surface area contributed by atoms with E-state index in [9.17, 15) is 13.6 Å². The highest BCUT2D eigenvalue weighted by Crippen LogP contribution is 2.31. The first kappa shape index (κ1) is 14.7. The molecule has 0 spiro atoms. The number of carbonyl (C=O) groups excluding carboxylic acids is 1. The van der Waals surface area contributed by atoms with Gasteiger partial charge in [0.25, 0.3) is 0 Å². The van der Waals surface area contributed by atoms with Crippen LogP contribution in [0.1, 0.15) is 51.9 Å². The summed E-state index contributed by atoms with van der Waals surface area (Å²) >= 11 is 0. The van der Waals surface area contributed by atoms with Crippen LogP contribution in [0.25, 0.3) is 0 Å². The molecule has 1 N–H and O–H groups in total. The second kappa shape index (κ2) is 6.16. The molecule has 1 heterocycles. The lowest BCUT2D eigenvalue weighted by Crippen LogP contribution is -2.38. The Morgan fingerprint density at radius 3 is 2.47 bits per heavy atom. The van der Waals surface area contributed by atoms with Crippen LogP contribution in [0, 0.1) is 5.92 Å². The zero-order valence-electron chi connectivity index (χ0n) is 11.5. The molecule has 1 saturated carbocycles. The minimum atomic E-state index is -3.29. The van der Waals surface area contributed by atoms with E-state index >= 15 is 0 Å². The van der Waals surface area contributed by atoms with Crippen LogP contribution >= 0.6 is 0 Å². The van der Waals surface area contributed by atoms with Crippen LogP contribution in [0.15, 0.2) is 0 Å². The van der Waals surface area contributed by atoms with Gasteiger partial charge in [0.05, 0.1) is 6.42 Å². The van der Waals surface area contributed by atoms with E-state index in [0.717, 1.165) is 0 Å². The lowest BCUT2D eigenvalue weighted by atomic mass is 9.93.